The standard InChI is InChI=1S/C21H20FN7/c22-18-6-2-1-5-16(18)14-27-9-11-28(12-10-27)20-17-13-26-29(21(17)25-15-24-20)19-7-3-4-8-23-19/h1-8,13,15H,9-12,14H2. The highest BCUT2D eigenvalue weighted by atomic mass is 19.1. The molecule has 0 atom stereocenters. The van der Waals surface area contributed by atoms with Crippen LogP contribution in [0.1, 0.15) is 5.56 Å². The van der Waals surface area contributed by atoms with E-state index in [-0.39, 0.29) is 5.82 Å². The SMILES string of the molecule is Fc1ccccc1CN1CCN(c2ncnc3c2cnn3-c2ccccn2)CC1. The molecule has 0 radical (unpaired) electrons. The molecule has 7 nitrogen and oxygen atoms in total. The van der Waals surface area contributed by atoms with Crippen molar-refractivity contribution in [1.82, 2.24) is 29.6 Å². The Kier molecular flexibility index (Phi) is 4.61. The molecule has 0 amide bonds. The predicted octanol–water partition coefficient (Wildman–Crippen LogP) is 2.67. The van der Waals surface area contributed by atoms with Crippen LogP contribution in [0.4, 0.5) is 10.2 Å². The molecule has 4 heterocycles. The van der Waals surface area contributed by atoms with Crippen molar-refractivity contribution in [3.05, 3.63) is 72.6 Å². The number of rotatable bonds is 4. The molecule has 0 N–H and O–H groups in total. The van der Waals surface area contributed by atoms with Crippen molar-refractivity contribution in [2.45, 2.75) is 6.54 Å². The second-order valence-electron chi connectivity index (χ2n) is 7.03. The lowest BCUT2D eigenvalue weighted by Crippen LogP contribution is -2.46. The Hall–Kier alpha value is -3.39. The monoisotopic (exact) mass is 389 g/mol. The van der Waals surface area contributed by atoms with E-state index in [1.807, 2.05) is 30.3 Å². The van der Waals surface area contributed by atoms with Gasteiger partial charge in [0.25, 0.3) is 0 Å². The first-order chi connectivity index (χ1) is 14.3. The lowest BCUT2D eigenvalue weighted by Gasteiger charge is -2.35. The number of nitrogens with zero attached hydrogens (tertiary/aromatic N) is 7. The van der Waals surface area contributed by atoms with Crippen LogP contribution in [0.15, 0.2) is 61.2 Å². The summed E-state index contributed by atoms with van der Waals surface area (Å²) in [4.78, 5) is 17.8. The van der Waals surface area contributed by atoms with E-state index in [4.69, 9.17) is 0 Å². The Morgan fingerprint density at radius 1 is 0.897 bits per heavy atom. The molecular weight excluding hydrogens is 369 g/mol. The highest BCUT2D eigenvalue weighted by Crippen LogP contribution is 2.25. The smallest absolute Gasteiger partial charge is 0.170 e. The number of anilines is 1. The number of benzene rings is 1. The number of hydrogen-bond donors (Lipinski definition) is 0. The summed E-state index contributed by atoms with van der Waals surface area (Å²) in [5.41, 5.74) is 1.48. The molecule has 1 fully saturated rings. The number of fused-ring (bicyclic) bond motifs is 1. The van der Waals surface area contributed by atoms with E-state index in [9.17, 15) is 4.39 Å². The van der Waals surface area contributed by atoms with Gasteiger partial charge in [-0.25, -0.2) is 19.3 Å². The van der Waals surface area contributed by atoms with Crippen LogP contribution >= 0.6 is 0 Å². The van der Waals surface area contributed by atoms with Gasteiger partial charge in [0.1, 0.15) is 18.0 Å². The third kappa shape index (κ3) is 3.42. The minimum atomic E-state index is -0.144. The second kappa shape index (κ2) is 7.56. The van der Waals surface area contributed by atoms with E-state index >= 15 is 0 Å². The van der Waals surface area contributed by atoms with Crippen molar-refractivity contribution in [3.63, 3.8) is 0 Å². The molecule has 1 saturated heterocycles. The zero-order chi connectivity index (χ0) is 19.6. The second-order valence-corrected chi connectivity index (χ2v) is 7.03. The number of piperazine rings is 1. The third-order valence-electron chi connectivity index (χ3n) is 5.23. The van der Waals surface area contributed by atoms with Crippen LogP contribution in [0.25, 0.3) is 16.9 Å². The van der Waals surface area contributed by atoms with Gasteiger partial charge in [-0.15, -0.1) is 0 Å². The van der Waals surface area contributed by atoms with Gasteiger partial charge < -0.3 is 4.90 Å². The Bertz CT molecular complexity index is 1120. The molecule has 1 aliphatic rings. The minimum Gasteiger partial charge on any atom is -0.353 e. The van der Waals surface area contributed by atoms with Gasteiger partial charge in [0.15, 0.2) is 11.5 Å². The van der Waals surface area contributed by atoms with E-state index in [0.29, 0.717) is 6.54 Å². The maximum absolute atomic E-state index is 13.9. The van der Waals surface area contributed by atoms with Gasteiger partial charge in [0.2, 0.25) is 0 Å². The molecule has 29 heavy (non-hydrogen) atoms. The Labute approximate surface area is 167 Å². The van der Waals surface area contributed by atoms with E-state index in [1.165, 1.54) is 6.07 Å². The molecule has 4 aromatic rings. The van der Waals surface area contributed by atoms with Crippen molar-refractivity contribution in [2.24, 2.45) is 0 Å². The van der Waals surface area contributed by atoms with Gasteiger partial charge in [0.05, 0.1) is 11.6 Å². The molecule has 0 unspecified atom stereocenters. The van der Waals surface area contributed by atoms with E-state index in [0.717, 1.165) is 54.4 Å². The maximum Gasteiger partial charge on any atom is 0.170 e. The Balaban J connectivity index is 1.35. The molecule has 8 heteroatoms. The molecule has 1 aliphatic heterocycles. The first-order valence-corrected chi connectivity index (χ1v) is 9.60. The van der Waals surface area contributed by atoms with E-state index < -0.39 is 0 Å². The fraction of sp³-hybridized carbons (Fsp3) is 0.238. The molecule has 0 spiro atoms. The molecule has 3 aromatic heterocycles. The average molecular weight is 389 g/mol. The van der Waals surface area contributed by atoms with Crippen LogP contribution in [-0.2, 0) is 6.54 Å². The van der Waals surface area contributed by atoms with Gasteiger partial charge in [-0.3, -0.25) is 4.90 Å². The summed E-state index contributed by atoms with van der Waals surface area (Å²) in [6.45, 7) is 3.93. The first kappa shape index (κ1) is 17.7. The van der Waals surface area contributed by atoms with Gasteiger partial charge in [-0.05, 0) is 18.2 Å². The van der Waals surface area contributed by atoms with Crippen molar-refractivity contribution >= 4 is 16.9 Å². The van der Waals surface area contributed by atoms with Crippen molar-refractivity contribution in [2.75, 3.05) is 31.1 Å². The number of halogens is 1. The lowest BCUT2D eigenvalue weighted by atomic mass is 10.2. The van der Waals surface area contributed by atoms with Crippen LogP contribution in [0.3, 0.4) is 0 Å². The summed E-state index contributed by atoms with van der Waals surface area (Å²) in [5.74, 6) is 1.46. The van der Waals surface area contributed by atoms with Gasteiger partial charge in [0, 0.05) is 44.5 Å². The van der Waals surface area contributed by atoms with Crippen LogP contribution in [0.2, 0.25) is 0 Å². The number of hydrogen-bond acceptors (Lipinski definition) is 6. The molecule has 1 aromatic carbocycles. The average Bonchev–Trinajstić information content (AvgIpc) is 3.21. The number of aromatic nitrogens is 5. The van der Waals surface area contributed by atoms with Gasteiger partial charge in [-0.2, -0.15) is 9.78 Å². The predicted molar refractivity (Wildman–Crippen MR) is 108 cm³/mol. The Morgan fingerprint density at radius 2 is 1.72 bits per heavy atom. The van der Waals surface area contributed by atoms with Crippen molar-refractivity contribution in [1.29, 1.82) is 0 Å². The lowest BCUT2D eigenvalue weighted by molar-refractivity contribution is 0.246. The molecule has 0 saturated carbocycles. The zero-order valence-corrected chi connectivity index (χ0v) is 15.8. The first-order valence-electron chi connectivity index (χ1n) is 9.60. The third-order valence-corrected chi connectivity index (χ3v) is 5.23. The summed E-state index contributed by atoms with van der Waals surface area (Å²) in [6, 6.07) is 12.7. The summed E-state index contributed by atoms with van der Waals surface area (Å²) in [5, 5.41) is 5.38. The fourth-order valence-electron chi connectivity index (χ4n) is 3.72. The fourth-order valence-corrected chi connectivity index (χ4v) is 3.72. The van der Waals surface area contributed by atoms with E-state index in [1.54, 1.807) is 29.5 Å². The summed E-state index contributed by atoms with van der Waals surface area (Å²) < 4.78 is 15.7. The zero-order valence-electron chi connectivity index (χ0n) is 15.8. The topological polar surface area (TPSA) is 63.0 Å². The van der Waals surface area contributed by atoms with Crippen LogP contribution in [0.5, 0.6) is 0 Å². The highest BCUT2D eigenvalue weighted by Gasteiger charge is 2.22. The Morgan fingerprint density at radius 3 is 2.52 bits per heavy atom. The highest BCUT2D eigenvalue weighted by molar-refractivity contribution is 5.87. The number of pyridine rings is 1. The maximum atomic E-state index is 13.9. The van der Waals surface area contributed by atoms with Crippen LogP contribution < -0.4 is 4.90 Å². The largest absolute Gasteiger partial charge is 0.353 e. The minimum absolute atomic E-state index is 0.144. The molecule has 5 rings (SSSR count). The quantitative estimate of drug-likeness (QED) is 0.535. The summed E-state index contributed by atoms with van der Waals surface area (Å²) >= 11 is 0. The van der Waals surface area contributed by atoms with Crippen LogP contribution in [0, 0.1) is 5.82 Å². The van der Waals surface area contributed by atoms with Gasteiger partial charge in [-0.1, -0.05) is 24.3 Å². The molecular formula is C21H20FN7. The van der Waals surface area contributed by atoms with E-state index in [2.05, 4.69) is 29.9 Å². The molecule has 0 aliphatic carbocycles. The summed E-state index contributed by atoms with van der Waals surface area (Å²) in [7, 11) is 0. The molecule has 0 bridgehead atoms. The molecule has 146 valence electrons. The normalized spacial score (nSPS) is 15.1. The van der Waals surface area contributed by atoms with Crippen molar-refractivity contribution in [3.8, 4) is 5.82 Å². The van der Waals surface area contributed by atoms with Gasteiger partial charge >= 0.3 is 0 Å². The van der Waals surface area contributed by atoms with Crippen LogP contribution in [-0.4, -0.2) is 55.8 Å². The van der Waals surface area contributed by atoms with Crippen molar-refractivity contribution < 1.29 is 4.39 Å². The summed E-state index contributed by atoms with van der Waals surface area (Å²) in [6.07, 6.45) is 5.11.